The van der Waals surface area contributed by atoms with Crippen molar-refractivity contribution in [2.24, 2.45) is 0 Å². The molecule has 0 unspecified atom stereocenters. The summed E-state index contributed by atoms with van der Waals surface area (Å²) in [5.41, 5.74) is 5.05. The number of amides is 1. The number of rotatable bonds is 2. The van der Waals surface area contributed by atoms with Gasteiger partial charge >= 0.3 is 0 Å². The summed E-state index contributed by atoms with van der Waals surface area (Å²) in [6, 6.07) is 15.7. The van der Waals surface area contributed by atoms with Gasteiger partial charge in [-0.15, -0.1) is 0 Å². The Labute approximate surface area is 135 Å². The minimum atomic E-state index is 0.0482. The second-order valence-electron chi connectivity index (χ2n) is 5.79. The predicted molar refractivity (Wildman–Crippen MR) is 90.1 cm³/mol. The van der Waals surface area contributed by atoms with Gasteiger partial charge in [-0.3, -0.25) is 4.79 Å². The molecule has 1 amide bonds. The first-order valence-electron chi connectivity index (χ1n) is 7.74. The molecule has 0 N–H and O–H groups in total. The molecular formula is C19H17N3O. The molecule has 0 bridgehead atoms. The maximum atomic E-state index is 13.0. The van der Waals surface area contributed by atoms with Gasteiger partial charge in [0.1, 0.15) is 0 Å². The van der Waals surface area contributed by atoms with Crippen LogP contribution < -0.4 is 4.90 Å². The standard InChI is InChI=1S/C19H17N3O/c1-14-5-2-6-15-9-12-21(18(14)15)19(23)16-7-3-8-17(13-16)22-11-4-10-20-22/h2-8,10-11,13H,9,12H2,1H3. The first kappa shape index (κ1) is 13.8. The first-order chi connectivity index (χ1) is 11.2. The number of aromatic nitrogens is 2. The van der Waals surface area contributed by atoms with E-state index < -0.39 is 0 Å². The minimum Gasteiger partial charge on any atom is -0.307 e. The number of aryl methyl sites for hydroxylation is 1. The third-order valence-electron chi connectivity index (χ3n) is 4.30. The maximum absolute atomic E-state index is 13.0. The molecule has 0 saturated heterocycles. The Morgan fingerprint density at radius 3 is 2.83 bits per heavy atom. The van der Waals surface area contributed by atoms with Gasteiger partial charge in [0, 0.05) is 24.5 Å². The van der Waals surface area contributed by atoms with Gasteiger partial charge < -0.3 is 4.90 Å². The molecule has 1 aliphatic heterocycles. The molecule has 0 fully saturated rings. The van der Waals surface area contributed by atoms with Crippen molar-refractivity contribution in [1.29, 1.82) is 0 Å². The third-order valence-corrected chi connectivity index (χ3v) is 4.30. The van der Waals surface area contributed by atoms with Crippen LogP contribution in [0.5, 0.6) is 0 Å². The Kier molecular flexibility index (Phi) is 3.23. The van der Waals surface area contributed by atoms with Crippen molar-refractivity contribution in [1.82, 2.24) is 9.78 Å². The maximum Gasteiger partial charge on any atom is 0.258 e. The fraction of sp³-hybridized carbons (Fsp3) is 0.158. The molecular weight excluding hydrogens is 286 g/mol. The molecule has 0 aliphatic carbocycles. The zero-order chi connectivity index (χ0) is 15.8. The Hall–Kier alpha value is -2.88. The van der Waals surface area contributed by atoms with Crippen molar-refractivity contribution in [2.45, 2.75) is 13.3 Å². The quantitative estimate of drug-likeness (QED) is 0.728. The molecule has 23 heavy (non-hydrogen) atoms. The number of benzene rings is 2. The van der Waals surface area contributed by atoms with E-state index in [-0.39, 0.29) is 5.91 Å². The van der Waals surface area contributed by atoms with Crippen LogP contribution in [-0.2, 0) is 6.42 Å². The molecule has 1 aliphatic rings. The Morgan fingerprint density at radius 2 is 2.00 bits per heavy atom. The molecule has 0 radical (unpaired) electrons. The average molecular weight is 303 g/mol. The number of fused-ring (bicyclic) bond motifs is 1. The molecule has 1 aromatic heterocycles. The summed E-state index contributed by atoms with van der Waals surface area (Å²) in [5.74, 6) is 0.0482. The van der Waals surface area contributed by atoms with Gasteiger partial charge in [-0.1, -0.05) is 24.3 Å². The van der Waals surface area contributed by atoms with E-state index in [1.807, 2.05) is 41.4 Å². The highest BCUT2D eigenvalue weighted by molar-refractivity contribution is 6.08. The first-order valence-corrected chi connectivity index (χ1v) is 7.74. The second kappa shape index (κ2) is 5.39. The topological polar surface area (TPSA) is 38.1 Å². The molecule has 0 atom stereocenters. The highest BCUT2D eigenvalue weighted by atomic mass is 16.2. The summed E-state index contributed by atoms with van der Waals surface area (Å²) >= 11 is 0. The van der Waals surface area contributed by atoms with Crippen molar-refractivity contribution < 1.29 is 4.79 Å². The zero-order valence-corrected chi connectivity index (χ0v) is 12.9. The minimum absolute atomic E-state index is 0.0482. The number of anilines is 1. The largest absolute Gasteiger partial charge is 0.307 e. The summed E-state index contributed by atoms with van der Waals surface area (Å²) in [5, 5.41) is 4.23. The summed E-state index contributed by atoms with van der Waals surface area (Å²) in [4.78, 5) is 14.9. The van der Waals surface area contributed by atoms with Crippen molar-refractivity contribution in [3.05, 3.63) is 77.6 Å². The third kappa shape index (κ3) is 2.32. The SMILES string of the molecule is Cc1cccc2c1N(C(=O)c1cccc(-n3cccn3)c1)CC2. The molecule has 4 heteroatoms. The predicted octanol–water partition coefficient (Wildman–Crippen LogP) is 3.38. The fourth-order valence-electron chi connectivity index (χ4n) is 3.21. The molecule has 0 spiro atoms. The van der Waals surface area contributed by atoms with E-state index in [4.69, 9.17) is 0 Å². The molecule has 0 saturated carbocycles. The lowest BCUT2D eigenvalue weighted by Gasteiger charge is -2.19. The van der Waals surface area contributed by atoms with E-state index in [0.29, 0.717) is 5.56 Å². The number of hydrogen-bond donors (Lipinski definition) is 0. The van der Waals surface area contributed by atoms with Crippen LogP contribution in [0.1, 0.15) is 21.5 Å². The van der Waals surface area contributed by atoms with Crippen LogP contribution in [0.4, 0.5) is 5.69 Å². The van der Waals surface area contributed by atoms with Crippen molar-refractivity contribution in [2.75, 3.05) is 11.4 Å². The molecule has 2 heterocycles. The molecule has 4 nitrogen and oxygen atoms in total. The lowest BCUT2D eigenvalue weighted by Crippen LogP contribution is -2.29. The van der Waals surface area contributed by atoms with E-state index in [0.717, 1.165) is 29.9 Å². The Balaban J connectivity index is 1.71. The van der Waals surface area contributed by atoms with Crippen LogP contribution in [0, 0.1) is 6.92 Å². The average Bonchev–Trinajstić information content (AvgIpc) is 3.25. The van der Waals surface area contributed by atoms with Crippen molar-refractivity contribution in [3.63, 3.8) is 0 Å². The van der Waals surface area contributed by atoms with E-state index >= 15 is 0 Å². The van der Waals surface area contributed by atoms with Crippen LogP contribution in [0.3, 0.4) is 0 Å². The summed E-state index contributed by atoms with van der Waals surface area (Å²) in [7, 11) is 0. The lowest BCUT2D eigenvalue weighted by molar-refractivity contribution is 0.0989. The van der Waals surface area contributed by atoms with E-state index in [1.165, 1.54) is 5.56 Å². The molecule has 4 rings (SSSR count). The highest BCUT2D eigenvalue weighted by Gasteiger charge is 2.26. The van der Waals surface area contributed by atoms with Gasteiger partial charge in [-0.2, -0.15) is 5.10 Å². The zero-order valence-electron chi connectivity index (χ0n) is 12.9. The van der Waals surface area contributed by atoms with E-state index in [1.54, 1.807) is 10.9 Å². The van der Waals surface area contributed by atoms with Gasteiger partial charge in [0.05, 0.1) is 11.4 Å². The van der Waals surface area contributed by atoms with Crippen LogP contribution in [-0.4, -0.2) is 22.2 Å². The number of carbonyl (C=O) groups is 1. The molecule has 2 aromatic carbocycles. The number of nitrogens with zero attached hydrogens (tertiary/aromatic N) is 3. The Morgan fingerprint density at radius 1 is 1.13 bits per heavy atom. The summed E-state index contributed by atoms with van der Waals surface area (Å²) < 4.78 is 1.76. The van der Waals surface area contributed by atoms with Crippen LogP contribution in [0.2, 0.25) is 0 Å². The summed E-state index contributed by atoms with van der Waals surface area (Å²) in [6.07, 6.45) is 4.52. The van der Waals surface area contributed by atoms with Gasteiger partial charge in [0.15, 0.2) is 0 Å². The molecule has 114 valence electrons. The number of carbonyl (C=O) groups excluding carboxylic acids is 1. The monoisotopic (exact) mass is 303 g/mol. The summed E-state index contributed by atoms with van der Waals surface area (Å²) in [6.45, 7) is 2.80. The van der Waals surface area contributed by atoms with Crippen LogP contribution in [0.15, 0.2) is 60.9 Å². The van der Waals surface area contributed by atoms with Gasteiger partial charge in [0.2, 0.25) is 0 Å². The second-order valence-corrected chi connectivity index (χ2v) is 5.79. The van der Waals surface area contributed by atoms with Gasteiger partial charge in [0.25, 0.3) is 5.91 Å². The highest BCUT2D eigenvalue weighted by Crippen LogP contribution is 2.32. The normalized spacial score (nSPS) is 13.2. The smallest absolute Gasteiger partial charge is 0.258 e. The van der Waals surface area contributed by atoms with Gasteiger partial charge in [-0.25, -0.2) is 4.68 Å². The van der Waals surface area contributed by atoms with Crippen molar-refractivity contribution in [3.8, 4) is 5.69 Å². The van der Waals surface area contributed by atoms with Gasteiger partial charge in [-0.05, 0) is 48.7 Å². The van der Waals surface area contributed by atoms with Crippen LogP contribution in [0.25, 0.3) is 5.69 Å². The number of hydrogen-bond acceptors (Lipinski definition) is 2. The fourth-order valence-corrected chi connectivity index (χ4v) is 3.21. The number of para-hydroxylation sites is 1. The van der Waals surface area contributed by atoms with Crippen molar-refractivity contribution >= 4 is 11.6 Å². The van der Waals surface area contributed by atoms with Crippen LogP contribution >= 0.6 is 0 Å². The lowest BCUT2D eigenvalue weighted by atomic mass is 10.1. The van der Waals surface area contributed by atoms with E-state index in [2.05, 4.69) is 30.2 Å². The molecule has 3 aromatic rings. The Bertz CT molecular complexity index is 868. The van der Waals surface area contributed by atoms with E-state index in [9.17, 15) is 4.79 Å².